The lowest BCUT2D eigenvalue weighted by Crippen LogP contribution is -2.08. The Balaban J connectivity index is 1.80. The minimum absolute atomic E-state index is 0.145. The molecule has 0 spiro atoms. The fraction of sp³-hybridized carbons (Fsp3) is 0.105. The van der Waals surface area contributed by atoms with Crippen molar-refractivity contribution in [1.82, 2.24) is 4.98 Å². The van der Waals surface area contributed by atoms with E-state index < -0.39 is 6.61 Å². The minimum Gasteiger partial charge on any atom is -0.434 e. The molecule has 0 aliphatic carbocycles. The minimum atomic E-state index is -2.86. The molecule has 128 valence electrons. The number of ether oxygens (including phenoxy) is 1. The molecule has 0 bridgehead atoms. The molecule has 1 aromatic heterocycles. The first-order valence-electron chi connectivity index (χ1n) is 7.70. The van der Waals surface area contributed by atoms with Crippen molar-refractivity contribution in [1.29, 1.82) is 0 Å². The summed E-state index contributed by atoms with van der Waals surface area (Å²) in [7, 11) is 0. The molecule has 0 amide bonds. The molecule has 3 N–H and O–H groups in total. The maximum absolute atomic E-state index is 12.5. The number of nitrogens with zero attached hydrogens (tertiary/aromatic N) is 1. The molecule has 2 aromatic carbocycles. The van der Waals surface area contributed by atoms with E-state index in [0.717, 1.165) is 11.1 Å². The Morgan fingerprint density at radius 3 is 2.64 bits per heavy atom. The van der Waals surface area contributed by atoms with Crippen LogP contribution >= 0.6 is 0 Å². The topological polar surface area (TPSA) is 60.2 Å². The smallest absolute Gasteiger partial charge is 0.387 e. The van der Waals surface area contributed by atoms with Crippen LogP contribution < -0.4 is 15.8 Å². The van der Waals surface area contributed by atoms with Crippen molar-refractivity contribution < 1.29 is 13.5 Å². The van der Waals surface area contributed by atoms with Gasteiger partial charge in [-0.1, -0.05) is 30.3 Å². The van der Waals surface area contributed by atoms with Crippen LogP contribution in [0.4, 0.5) is 20.2 Å². The third-order valence-corrected chi connectivity index (χ3v) is 3.71. The van der Waals surface area contributed by atoms with Crippen LogP contribution in [0.1, 0.15) is 5.56 Å². The number of benzene rings is 2. The van der Waals surface area contributed by atoms with Crippen molar-refractivity contribution >= 4 is 11.4 Å². The van der Waals surface area contributed by atoms with Crippen LogP contribution in [0.3, 0.4) is 0 Å². The van der Waals surface area contributed by atoms with E-state index in [1.807, 2.05) is 24.3 Å². The lowest BCUT2D eigenvalue weighted by atomic mass is 10.1. The molecule has 0 fully saturated rings. The van der Waals surface area contributed by atoms with Crippen LogP contribution in [0.15, 0.2) is 67.0 Å². The van der Waals surface area contributed by atoms with Gasteiger partial charge in [-0.25, -0.2) is 0 Å². The first kappa shape index (κ1) is 16.7. The van der Waals surface area contributed by atoms with E-state index in [4.69, 9.17) is 5.73 Å². The van der Waals surface area contributed by atoms with Gasteiger partial charge in [0.2, 0.25) is 0 Å². The number of nitrogens with one attached hydrogen (secondary N) is 1. The van der Waals surface area contributed by atoms with Gasteiger partial charge in [0.05, 0.1) is 11.4 Å². The lowest BCUT2D eigenvalue weighted by Gasteiger charge is -2.14. The zero-order chi connectivity index (χ0) is 17.6. The Morgan fingerprint density at radius 2 is 1.88 bits per heavy atom. The van der Waals surface area contributed by atoms with Crippen LogP contribution in [-0.4, -0.2) is 11.6 Å². The van der Waals surface area contributed by atoms with Crippen molar-refractivity contribution in [3.8, 4) is 16.9 Å². The number of aromatic nitrogens is 1. The van der Waals surface area contributed by atoms with E-state index in [1.165, 1.54) is 6.07 Å². The molecule has 0 aliphatic rings. The number of alkyl halides is 2. The summed E-state index contributed by atoms with van der Waals surface area (Å²) in [4.78, 5) is 4.11. The number of para-hydroxylation sites is 1. The standard InChI is InChI=1S/C19H17F2N3O/c20-19(21)25-18-6-2-1-4-15(18)12-24-17-10-13(7-8-16(17)22)14-5-3-9-23-11-14/h1-11,19,24H,12,22H2. The Kier molecular flexibility index (Phi) is 5.09. The van der Waals surface area contributed by atoms with Crippen molar-refractivity contribution in [2.45, 2.75) is 13.2 Å². The number of halogens is 2. The van der Waals surface area contributed by atoms with Gasteiger partial charge < -0.3 is 15.8 Å². The molecule has 6 heteroatoms. The van der Waals surface area contributed by atoms with E-state index in [1.54, 1.807) is 36.7 Å². The quantitative estimate of drug-likeness (QED) is 0.646. The van der Waals surface area contributed by atoms with E-state index in [2.05, 4.69) is 15.0 Å². The van der Waals surface area contributed by atoms with Gasteiger partial charge in [0.15, 0.2) is 0 Å². The summed E-state index contributed by atoms with van der Waals surface area (Å²) in [6.07, 6.45) is 3.47. The van der Waals surface area contributed by atoms with Gasteiger partial charge in [0.25, 0.3) is 0 Å². The van der Waals surface area contributed by atoms with Crippen LogP contribution in [0, 0.1) is 0 Å². The van der Waals surface area contributed by atoms with Crippen molar-refractivity contribution in [2.24, 2.45) is 0 Å². The normalized spacial score (nSPS) is 10.7. The fourth-order valence-electron chi connectivity index (χ4n) is 2.47. The molecule has 0 saturated carbocycles. The van der Waals surface area contributed by atoms with Crippen molar-refractivity contribution in [3.05, 3.63) is 72.6 Å². The van der Waals surface area contributed by atoms with Crippen molar-refractivity contribution in [3.63, 3.8) is 0 Å². The Hall–Kier alpha value is -3.15. The first-order valence-corrected chi connectivity index (χ1v) is 7.70. The van der Waals surface area contributed by atoms with Crippen LogP contribution in [0.25, 0.3) is 11.1 Å². The zero-order valence-corrected chi connectivity index (χ0v) is 13.3. The number of nitrogen functional groups attached to an aromatic ring is 1. The van der Waals surface area contributed by atoms with Crippen LogP contribution in [0.5, 0.6) is 5.75 Å². The molecule has 1 heterocycles. The van der Waals surface area contributed by atoms with E-state index in [0.29, 0.717) is 23.5 Å². The third-order valence-electron chi connectivity index (χ3n) is 3.71. The Morgan fingerprint density at radius 1 is 1.04 bits per heavy atom. The number of nitrogens with two attached hydrogens (primary N) is 1. The number of hydrogen-bond donors (Lipinski definition) is 2. The number of rotatable bonds is 6. The van der Waals surface area contributed by atoms with E-state index >= 15 is 0 Å². The number of hydrogen-bond acceptors (Lipinski definition) is 4. The molecular weight excluding hydrogens is 324 g/mol. The largest absolute Gasteiger partial charge is 0.434 e. The molecule has 0 saturated heterocycles. The Bertz CT molecular complexity index is 841. The molecule has 4 nitrogen and oxygen atoms in total. The number of anilines is 2. The second-order valence-electron chi connectivity index (χ2n) is 5.38. The highest BCUT2D eigenvalue weighted by Crippen LogP contribution is 2.28. The summed E-state index contributed by atoms with van der Waals surface area (Å²) in [6.45, 7) is -2.55. The van der Waals surface area contributed by atoms with Gasteiger partial charge >= 0.3 is 6.61 Å². The maximum Gasteiger partial charge on any atom is 0.387 e. The summed E-state index contributed by atoms with van der Waals surface area (Å²) in [5.41, 5.74) is 9.85. The fourth-order valence-corrected chi connectivity index (χ4v) is 2.47. The molecule has 0 radical (unpaired) electrons. The summed E-state index contributed by atoms with van der Waals surface area (Å²) in [5.74, 6) is 0.145. The molecule has 0 unspecified atom stereocenters. The molecule has 3 rings (SSSR count). The van der Waals surface area contributed by atoms with Crippen molar-refractivity contribution in [2.75, 3.05) is 11.1 Å². The summed E-state index contributed by atoms with van der Waals surface area (Å²) in [6, 6.07) is 16.1. The van der Waals surface area contributed by atoms with Gasteiger partial charge in [0, 0.05) is 30.1 Å². The Labute approximate surface area is 144 Å². The SMILES string of the molecule is Nc1ccc(-c2cccnc2)cc1NCc1ccccc1OC(F)F. The highest BCUT2D eigenvalue weighted by Gasteiger charge is 2.10. The molecule has 0 atom stereocenters. The first-order chi connectivity index (χ1) is 12.1. The van der Waals surface area contributed by atoms with Gasteiger partial charge in [-0.2, -0.15) is 8.78 Å². The lowest BCUT2D eigenvalue weighted by molar-refractivity contribution is -0.0504. The second-order valence-corrected chi connectivity index (χ2v) is 5.38. The summed E-state index contributed by atoms with van der Waals surface area (Å²) >= 11 is 0. The van der Waals surface area contributed by atoms with E-state index in [9.17, 15) is 8.78 Å². The average molecular weight is 341 g/mol. The molecule has 0 aliphatic heterocycles. The maximum atomic E-state index is 12.5. The molecular formula is C19H17F2N3O. The summed E-state index contributed by atoms with van der Waals surface area (Å²) < 4.78 is 29.5. The van der Waals surface area contributed by atoms with Crippen LogP contribution in [-0.2, 0) is 6.54 Å². The summed E-state index contributed by atoms with van der Waals surface area (Å²) in [5, 5.41) is 3.18. The van der Waals surface area contributed by atoms with Gasteiger partial charge in [0.1, 0.15) is 5.75 Å². The van der Waals surface area contributed by atoms with Gasteiger partial charge in [-0.15, -0.1) is 0 Å². The molecule has 25 heavy (non-hydrogen) atoms. The van der Waals surface area contributed by atoms with Gasteiger partial charge in [-0.3, -0.25) is 4.98 Å². The molecule has 3 aromatic rings. The van der Waals surface area contributed by atoms with Crippen LogP contribution in [0.2, 0.25) is 0 Å². The monoisotopic (exact) mass is 341 g/mol. The van der Waals surface area contributed by atoms with Gasteiger partial charge in [-0.05, 0) is 29.8 Å². The zero-order valence-electron chi connectivity index (χ0n) is 13.3. The highest BCUT2D eigenvalue weighted by molar-refractivity contribution is 5.75. The number of pyridine rings is 1. The predicted molar refractivity (Wildman–Crippen MR) is 94.5 cm³/mol. The average Bonchev–Trinajstić information content (AvgIpc) is 2.62. The van der Waals surface area contributed by atoms with E-state index in [-0.39, 0.29) is 5.75 Å². The third kappa shape index (κ3) is 4.23. The second kappa shape index (κ2) is 7.61. The predicted octanol–water partition coefficient (Wildman–Crippen LogP) is 4.54. The highest BCUT2D eigenvalue weighted by atomic mass is 19.3.